The summed E-state index contributed by atoms with van der Waals surface area (Å²) in [5, 5.41) is 1.06. The molecule has 1 saturated heterocycles. The molecule has 6 rings (SSSR count). The van der Waals surface area contributed by atoms with Crippen molar-refractivity contribution in [1.82, 2.24) is 10.4 Å². The minimum Gasteiger partial charge on any atom is -0.330 e. The third-order valence-corrected chi connectivity index (χ3v) is 8.65. The average molecular weight is 548 g/mol. The molecule has 0 radical (unpaired) electrons. The number of anilines is 2. The summed E-state index contributed by atoms with van der Waals surface area (Å²) in [7, 11) is 0. The van der Waals surface area contributed by atoms with E-state index in [1.165, 1.54) is 16.8 Å². The largest absolute Gasteiger partial charge is 0.330 e. The second-order valence-electron chi connectivity index (χ2n) is 9.03. The zero-order chi connectivity index (χ0) is 26.6. The lowest BCUT2D eigenvalue weighted by Crippen LogP contribution is -2.49. The molecular weight excluding hydrogens is 523 g/mol. The molecule has 7 heteroatoms. The maximum Gasteiger partial charge on any atom is 0.280 e. The van der Waals surface area contributed by atoms with Gasteiger partial charge in [-0.15, -0.1) is 0 Å². The molecule has 4 aromatic carbocycles. The van der Waals surface area contributed by atoms with Gasteiger partial charge in [-0.3, -0.25) is 15.0 Å². The van der Waals surface area contributed by atoms with E-state index in [4.69, 9.17) is 0 Å². The minimum absolute atomic E-state index is 0.0793. The van der Waals surface area contributed by atoms with Gasteiger partial charge in [-0.05, 0) is 47.5 Å². The Labute approximate surface area is 236 Å². The van der Waals surface area contributed by atoms with Crippen LogP contribution in [0.5, 0.6) is 0 Å². The van der Waals surface area contributed by atoms with Crippen LogP contribution in [-0.2, 0) is 9.59 Å². The van der Waals surface area contributed by atoms with Crippen molar-refractivity contribution in [2.24, 2.45) is 0 Å². The first kappa shape index (κ1) is 25.1. The van der Waals surface area contributed by atoms with Crippen molar-refractivity contribution in [2.75, 3.05) is 11.4 Å². The average Bonchev–Trinajstić information content (AvgIpc) is 3.26. The standard InChI is InChI=1S/C32H25N3O2S2/c36-30(22-34-25-15-7-9-17-27(25)38-28-18-10-8-16-26(28)34)33-35-31(20-19-23-11-3-1-4-12-23)39-29(32(35)37)21-24-13-5-2-6-14-24/h1-21,31H,22H2,(H,33,36)/b20-19+,29-21-. The highest BCUT2D eigenvalue weighted by Crippen LogP contribution is 2.47. The molecule has 4 aromatic rings. The van der Waals surface area contributed by atoms with Crippen molar-refractivity contribution in [1.29, 1.82) is 0 Å². The number of amides is 2. The highest BCUT2D eigenvalue weighted by Gasteiger charge is 2.36. The fourth-order valence-electron chi connectivity index (χ4n) is 4.53. The summed E-state index contributed by atoms with van der Waals surface area (Å²) in [6, 6.07) is 35.8. The molecule has 0 bridgehead atoms. The normalized spacial score (nSPS) is 17.4. The summed E-state index contributed by atoms with van der Waals surface area (Å²) in [5.74, 6) is -0.491. The smallest absolute Gasteiger partial charge is 0.280 e. The van der Waals surface area contributed by atoms with E-state index in [0.717, 1.165) is 32.3 Å². The molecule has 1 fully saturated rings. The van der Waals surface area contributed by atoms with E-state index in [1.54, 1.807) is 11.8 Å². The molecule has 192 valence electrons. The molecule has 2 aliphatic rings. The van der Waals surface area contributed by atoms with Gasteiger partial charge in [0.25, 0.3) is 11.8 Å². The van der Waals surface area contributed by atoms with Crippen molar-refractivity contribution in [3.8, 4) is 0 Å². The number of benzene rings is 4. The van der Waals surface area contributed by atoms with Gasteiger partial charge in [0, 0.05) is 9.79 Å². The molecule has 0 aliphatic carbocycles. The number of carbonyl (C=O) groups excluding carboxylic acids is 2. The number of fused-ring (bicyclic) bond motifs is 2. The van der Waals surface area contributed by atoms with Gasteiger partial charge in [0.2, 0.25) is 0 Å². The second kappa shape index (κ2) is 11.3. The highest BCUT2D eigenvalue weighted by molar-refractivity contribution is 8.05. The van der Waals surface area contributed by atoms with Gasteiger partial charge >= 0.3 is 0 Å². The van der Waals surface area contributed by atoms with E-state index in [1.807, 2.05) is 120 Å². The maximum atomic E-state index is 13.5. The first-order chi connectivity index (χ1) is 19.2. The van der Waals surface area contributed by atoms with Crippen molar-refractivity contribution < 1.29 is 9.59 Å². The Morgan fingerprint density at radius 1 is 0.769 bits per heavy atom. The number of para-hydroxylation sites is 2. The van der Waals surface area contributed by atoms with Crippen LogP contribution in [0.4, 0.5) is 11.4 Å². The molecule has 0 aromatic heterocycles. The van der Waals surface area contributed by atoms with Crippen LogP contribution in [0, 0.1) is 0 Å². The first-order valence-electron chi connectivity index (χ1n) is 12.6. The third-order valence-electron chi connectivity index (χ3n) is 6.36. The fraction of sp³-hybridized carbons (Fsp3) is 0.0625. The van der Waals surface area contributed by atoms with Gasteiger partial charge in [-0.1, -0.05) is 115 Å². The van der Waals surface area contributed by atoms with Crippen LogP contribution in [0.2, 0.25) is 0 Å². The zero-order valence-electron chi connectivity index (χ0n) is 20.9. The number of nitrogens with zero attached hydrogens (tertiary/aromatic N) is 2. The Balaban J connectivity index is 1.27. The number of carbonyl (C=O) groups is 2. The quantitative estimate of drug-likeness (QED) is 0.264. The van der Waals surface area contributed by atoms with Gasteiger partial charge in [-0.2, -0.15) is 0 Å². The molecule has 2 heterocycles. The number of hydrazine groups is 1. The first-order valence-corrected chi connectivity index (χ1v) is 14.3. The van der Waals surface area contributed by atoms with Crippen LogP contribution >= 0.6 is 23.5 Å². The predicted octanol–water partition coefficient (Wildman–Crippen LogP) is 6.98. The van der Waals surface area contributed by atoms with E-state index in [9.17, 15) is 9.59 Å². The van der Waals surface area contributed by atoms with Crippen LogP contribution in [0.1, 0.15) is 11.1 Å². The molecule has 39 heavy (non-hydrogen) atoms. The monoisotopic (exact) mass is 547 g/mol. The van der Waals surface area contributed by atoms with Gasteiger partial charge < -0.3 is 4.90 Å². The lowest BCUT2D eigenvalue weighted by Gasteiger charge is -2.33. The lowest BCUT2D eigenvalue weighted by atomic mass is 10.2. The summed E-state index contributed by atoms with van der Waals surface area (Å²) in [6.45, 7) is 0.0793. The van der Waals surface area contributed by atoms with E-state index < -0.39 is 0 Å². The van der Waals surface area contributed by atoms with E-state index in [-0.39, 0.29) is 23.7 Å². The predicted molar refractivity (Wildman–Crippen MR) is 160 cm³/mol. The molecule has 1 N–H and O–H groups in total. The summed E-state index contributed by atoms with van der Waals surface area (Å²) < 4.78 is 0. The molecule has 1 atom stereocenters. The minimum atomic E-state index is -0.381. The molecule has 0 saturated carbocycles. The Hall–Kier alpha value is -4.20. The van der Waals surface area contributed by atoms with E-state index in [0.29, 0.717) is 4.91 Å². The molecule has 2 amide bonds. The van der Waals surface area contributed by atoms with Crippen molar-refractivity contribution in [3.63, 3.8) is 0 Å². The topological polar surface area (TPSA) is 52.7 Å². The summed E-state index contributed by atoms with van der Waals surface area (Å²) >= 11 is 3.12. The van der Waals surface area contributed by atoms with E-state index in [2.05, 4.69) is 17.6 Å². The summed E-state index contributed by atoms with van der Waals surface area (Å²) in [5.41, 5.74) is 6.84. The Morgan fingerprint density at radius 2 is 1.33 bits per heavy atom. The van der Waals surface area contributed by atoms with Gasteiger partial charge in [0.05, 0.1) is 16.3 Å². The number of hydrogen-bond donors (Lipinski definition) is 1. The number of thioether (sulfide) groups is 1. The van der Waals surface area contributed by atoms with Crippen LogP contribution in [0.15, 0.2) is 130 Å². The Bertz CT molecular complexity index is 1530. The number of hydrogen-bond acceptors (Lipinski definition) is 5. The molecular formula is C32H25N3O2S2. The second-order valence-corrected chi connectivity index (χ2v) is 11.3. The number of rotatable bonds is 6. The summed E-state index contributed by atoms with van der Waals surface area (Å²) in [6.07, 6.45) is 5.80. The SMILES string of the molecule is O=C(CN1c2ccccc2Sc2ccccc21)NN1C(=O)/C(=C/c2ccccc2)SC1/C=C/c1ccccc1. The molecule has 1 unspecified atom stereocenters. The van der Waals surface area contributed by atoms with Crippen LogP contribution in [-0.4, -0.2) is 28.7 Å². The van der Waals surface area contributed by atoms with Crippen molar-refractivity contribution in [2.45, 2.75) is 15.2 Å². The van der Waals surface area contributed by atoms with Crippen molar-refractivity contribution in [3.05, 3.63) is 131 Å². The lowest BCUT2D eigenvalue weighted by molar-refractivity contribution is -0.136. The highest BCUT2D eigenvalue weighted by atomic mass is 32.2. The Kier molecular flexibility index (Phi) is 7.25. The van der Waals surface area contributed by atoms with Crippen LogP contribution < -0.4 is 10.3 Å². The van der Waals surface area contributed by atoms with Crippen LogP contribution in [0.25, 0.3) is 12.2 Å². The van der Waals surface area contributed by atoms with Gasteiger partial charge in [0.1, 0.15) is 11.9 Å². The molecule has 0 spiro atoms. The zero-order valence-corrected chi connectivity index (χ0v) is 22.6. The van der Waals surface area contributed by atoms with Crippen LogP contribution in [0.3, 0.4) is 0 Å². The van der Waals surface area contributed by atoms with E-state index >= 15 is 0 Å². The fourth-order valence-corrected chi connectivity index (χ4v) is 6.70. The third kappa shape index (κ3) is 5.50. The Morgan fingerprint density at radius 3 is 1.97 bits per heavy atom. The van der Waals surface area contributed by atoms with Gasteiger partial charge in [0.15, 0.2) is 0 Å². The van der Waals surface area contributed by atoms with Crippen molar-refractivity contribution >= 4 is 58.9 Å². The number of nitrogens with one attached hydrogen (secondary N) is 1. The molecule has 5 nitrogen and oxygen atoms in total. The van der Waals surface area contributed by atoms with Gasteiger partial charge in [-0.25, -0.2) is 5.01 Å². The molecule has 2 aliphatic heterocycles. The summed E-state index contributed by atoms with van der Waals surface area (Å²) in [4.78, 5) is 31.8. The maximum absolute atomic E-state index is 13.5.